The summed E-state index contributed by atoms with van der Waals surface area (Å²) in [4.78, 5) is 11.9. The maximum Gasteiger partial charge on any atom is 0.319 e. The normalized spacial score (nSPS) is 17.8. The van der Waals surface area contributed by atoms with Gasteiger partial charge in [0.25, 0.3) is 0 Å². The standard InChI is InChI=1S/C17H26N2O4/c1-13(2)6-9-22-15-5-3-4-14(10-15)19-17(20)18-11-16-7-8-21-12-23-16/h3-5,10,13,16H,6-9,11-12H2,1-2H3,(H2,18,19,20)/t16-/m1/s1. The van der Waals surface area contributed by atoms with E-state index >= 15 is 0 Å². The highest BCUT2D eigenvalue weighted by atomic mass is 16.7. The van der Waals surface area contributed by atoms with Crippen LogP contribution >= 0.6 is 0 Å². The summed E-state index contributed by atoms with van der Waals surface area (Å²) < 4.78 is 16.2. The van der Waals surface area contributed by atoms with Gasteiger partial charge in [-0.15, -0.1) is 0 Å². The lowest BCUT2D eigenvalue weighted by molar-refractivity contribution is -0.136. The number of urea groups is 1. The summed E-state index contributed by atoms with van der Waals surface area (Å²) >= 11 is 0. The summed E-state index contributed by atoms with van der Waals surface area (Å²) in [6.07, 6.45) is 1.81. The molecule has 1 aromatic carbocycles. The van der Waals surface area contributed by atoms with Crippen LogP contribution in [0.4, 0.5) is 10.5 Å². The number of carbonyl (C=O) groups is 1. The lowest BCUT2D eigenvalue weighted by Crippen LogP contribution is -2.38. The van der Waals surface area contributed by atoms with Crippen molar-refractivity contribution in [3.05, 3.63) is 24.3 Å². The molecule has 1 fully saturated rings. The van der Waals surface area contributed by atoms with E-state index in [0.29, 0.717) is 38.2 Å². The number of nitrogens with one attached hydrogen (secondary N) is 2. The van der Waals surface area contributed by atoms with E-state index < -0.39 is 0 Å². The van der Waals surface area contributed by atoms with Gasteiger partial charge in [0.05, 0.1) is 19.3 Å². The monoisotopic (exact) mass is 322 g/mol. The Morgan fingerprint density at radius 1 is 1.43 bits per heavy atom. The molecule has 1 atom stereocenters. The summed E-state index contributed by atoms with van der Waals surface area (Å²) in [5.74, 6) is 1.37. The van der Waals surface area contributed by atoms with Crippen LogP contribution in [0.15, 0.2) is 24.3 Å². The molecule has 0 unspecified atom stereocenters. The molecule has 0 aromatic heterocycles. The first-order valence-electron chi connectivity index (χ1n) is 8.10. The number of anilines is 1. The first kappa shape index (κ1) is 17.6. The molecule has 2 rings (SSSR count). The molecule has 1 aliphatic heterocycles. The quantitative estimate of drug-likeness (QED) is 0.810. The Hall–Kier alpha value is -1.79. The third kappa shape index (κ3) is 6.88. The highest BCUT2D eigenvalue weighted by Gasteiger charge is 2.15. The van der Waals surface area contributed by atoms with Crippen molar-refractivity contribution in [2.75, 3.05) is 31.9 Å². The number of carbonyl (C=O) groups excluding carboxylic acids is 1. The fourth-order valence-corrected chi connectivity index (χ4v) is 2.12. The van der Waals surface area contributed by atoms with Gasteiger partial charge in [0.1, 0.15) is 12.5 Å². The molecule has 2 N–H and O–H groups in total. The van der Waals surface area contributed by atoms with Gasteiger partial charge in [-0.1, -0.05) is 19.9 Å². The molecule has 1 saturated heterocycles. The van der Waals surface area contributed by atoms with Gasteiger partial charge < -0.3 is 24.8 Å². The van der Waals surface area contributed by atoms with Crippen molar-refractivity contribution in [2.24, 2.45) is 5.92 Å². The van der Waals surface area contributed by atoms with Crippen molar-refractivity contribution in [2.45, 2.75) is 32.8 Å². The largest absolute Gasteiger partial charge is 0.494 e. The Labute approximate surface area is 137 Å². The van der Waals surface area contributed by atoms with E-state index in [-0.39, 0.29) is 12.1 Å². The summed E-state index contributed by atoms with van der Waals surface area (Å²) in [6, 6.07) is 7.16. The predicted octanol–water partition coefficient (Wildman–Crippen LogP) is 3.00. The van der Waals surface area contributed by atoms with Crippen LogP contribution in [0.25, 0.3) is 0 Å². The summed E-state index contributed by atoms with van der Waals surface area (Å²) in [6.45, 7) is 6.43. The first-order valence-corrected chi connectivity index (χ1v) is 8.10. The van der Waals surface area contributed by atoms with Gasteiger partial charge in [-0.2, -0.15) is 0 Å². The van der Waals surface area contributed by atoms with Gasteiger partial charge >= 0.3 is 6.03 Å². The molecule has 6 heteroatoms. The molecule has 1 heterocycles. The Kier molecular flexibility index (Phi) is 7.16. The molecule has 1 aromatic rings. The van der Waals surface area contributed by atoms with Crippen LogP contribution in [0.2, 0.25) is 0 Å². The minimum Gasteiger partial charge on any atom is -0.494 e. The topological polar surface area (TPSA) is 68.8 Å². The van der Waals surface area contributed by atoms with Crippen LogP contribution in [0.1, 0.15) is 26.7 Å². The Bertz CT molecular complexity index is 487. The summed E-state index contributed by atoms with van der Waals surface area (Å²) in [7, 11) is 0. The Balaban J connectivity index is 1.74. The zero-order valence-electron chi connectivity index (χ0n) is 13.8. The van der Waals surface area contributed by atoms with Crippen molar-refractivity contribution in [1.82, 2.24) is 5.32 Å². The van der Waals surface area contributed by atoms with E-state index in [4.69, 9.17) is 14.2 Å². The van der Waals surface area contributed by atoms with E-state index in [0.717, 1.165) is 18.6 Å². The van der Waals surface area contributed by atoms with Gasteiger partial charge in [-0.05, 0) is 30.9 Å². The molecular weight excluding hydrogens is 296 g/mol. The van der Waals surface area contributed by atoms with Gasteiger partial charge in [0, 0.05) is 18.3 Å². The summed E-state index contributed by atoms with van der Waals surface area (Å²) in [5.41, 5.74) is 0.706. The number of amides is 2. The number of ether oxygens (including phenoxy) is 3. The molecule has 128 valence electrons. The van der Waals surface area contributed by atoms with Crippen LogP contribution in [0, 0.1) is 5.92 Å². The highest BCUT2D eigenvalue weighted by Crippen LogP contribution is 2.18. The molecule has 0 aliphatic carbocycles. The maximum atomic E-state index is 11.9. The van der Waals surface area contributed by atoms with Crippen molar-refractivity contribution < 1.29 is 19.0 Å². The summed E-state index contributed by atoms with van der Waals surface area (Å²) in [5, 5.41) is 5.61. The number of hydrogen-bond donors (Lipinski definition) is 2. The van der Waals surface area contributed by atoms with Crippen molar-refractivity contribution in [1.29, 1.82) is 0 Å². The van der Waals surface area contributed by atoms with E-state index in [1.165, 1.54) is 0 Å². The fraction of sp³-hybridized carbons (Fsp3) is 0.588. The fourth-order valence-electron chi connectivity index (χ4n) is 2.12. The number of benzene rings is 1. The zero-order valence-corrected chi connectivity index (χ0v) is 13.8. The first-order chi connectivity index (χ1) is 11.1. The Morgan fingerprint density at radius 2 is 2.30 bits per heavy atom. The maximum absolute atomic E-state index is 11.9. The van der Waals surface area contributed by atoms with Crippen molar-refractivity contribution >= 4 is 11.7 Å². The highest BCUT2D eigenvalue weighted by molar-refractivity contribution is 5.89. The molecule has 2 amide bonds. The van der Waals surface area contributed by atoms with Crippen molar-refractivity contribution in [3.63, 3.8) is 0 Å². The van der Waals surface area contributed by atoms with Gasteiger partial charge in [0.15, 0.2) is 0 Å². The predicted molar refractivity (Wildman–Crippen MR) is 88.7 cm³/mol. The second-order valence-electron chi connectivity index (χ2n) is 6.00. The van der Waals surface area contributed by atoms with Crippen LogP contribution in [-0.4, -0.2) is 38.7 Å². The minimum atomic E-state index is -0.251. The number of rotatable bonds is 7. The van der Waals surface area contributed by atoms with E-state index in [9.17, 15) is 4.79 Å². The van der Waals surface area contributed by atoms with Gasteiger partial charge in [0.2, 0.25) is 0 Å². The number of hydrogen-bond acceptors (Lipinski definition) is 4. The molecular formula is C17H26N2O4. The second kappa shape index (κ2) is 9.37. The molecule has 0 radical (unpaired) electrons. The van der Waals surface area contributed by atoms with Crippen LogP contribution in [0.5, 0.6) is 5.75 Å². The second-order valence-corrected chi connectivity index (χ2v) is 6.00. The van der Waals surface area contributed by atoms with Crippen LogP contribution in [0.3, 0.4) is 0 Å². The van der Waals surface area contributed by atoms with Crippen molar-refractivity contribution in [3.8, 4) is 5.75 Å². The lowest BCUT2D eigenvalue weighted by atomic mass is 10.1. The third-order valence-electron chi connectivity index (χ3n) is 3.52. The SMILES string of the molecule is CC(C)CCOc1cccc(NC(=O)NC[C@H]2CCOCO2)c1. The average Bonchev–Trinajstić information content (AvgIpc) is 2.54. The Morgan fingerprint density at radius 3 is 3.04 bits per heavy atom. The molecule has 6 nitrogen and oxygen atoms in total. The molecule has 0 saturated carbocycles. The molecule has 1 aliphatic rings. The zero-order chi connectivity index (χ0) is 16.5. The lowest BCUT2D eigenvalue weighted by Gasteiger charge is -2.22. The van der Waals surface area contributed by atoms with E-state index in [2.05, 4.69) is 24.5 Å². The third-order valence-corrected chi connectivity index (χ3v) is 3.52. The molecule has 0 bridgehead atoms. The molecule has 23 heavy (non-hydrogen) atoms. The average molecular weight is 322 g/mol. The van der Waals surface area contributed by atoms with E-state index in [1.54, 1.807) is 0 Å². The van der Waals surface area contributed by atoms with Gasteiger partial charge in [-0.25, -0.2) is 4.79 Å². The minimum absolute atomic E-state index is 0.0141. The van der Waals surface area contributed by atoms with Gasteiger partial charge in [-0.3, -0.25) is 0 Å². The van der Waals surface area contributed by atoms with Crippen LogP contribution in [-0.2, 0) is 9.47 Å². The van der Waals surface area contributed by atoms with Crippen LogP contribution < -0.4 is 15.4 Å². The molecule has 0 spiro atoms. The smallest absolute Gasteiger partial charge is 0.319 e. The van der Waals surface area contributed by atoms with E-state index in [1.807, 2.05) is 24.3 Å².